The normalized spacial score (nSPS) is 18.7. The van der Waals surface area contributed by atoms with Crippen LogP contribution in [0.15, 0.2) is 42.7 Å². The number of hydrogen-bond acceptors (Lipinski definition) is 5. The Morgan fingerprint density at radius 3 is 2.39 bits per heavy atom. The Labute approximate surface area is 207 Å². The van der Waals surface area contributed by atoms with E-state index in [2.05, 4.69) is 10.3 Å². The predicted octanol–water partition coefficient (Wildman–Crippen LogP) is 3.61. The highest BCUT2D eigenvalue weighted by Gasteiger charge is 2.52. The predicted molar refractivity (Wildman–Crippen MR) is 127 cm³/mol. The van der Waals surface area contributed by atoms with E-state index in [0.29, 0.717) is 11.4 Å². The topological polar surface area (TPSA) is 85.8 Å². The van der Waals surface area contributed by atoms with Crippen molar-refractivity contribution in [3.05, 3.63) is 53.9 Å². The maximum atomic E-state index is 13.4. The molecule has 0 aliphatic carbocycles. The van der Waals surface area contributed by atoms with Crippen molar-refractivity contribution < 1.29 is 27.6 Å². The van der Waals surface area contributed by atoms with Gasteiger partial charge in [0.1, 0.15) is 5.54 Å². The van der Waals surface area contributed by atoms with Crippen LogP contribution in [0.25, 0.3) is 0 Å². The van der Waals surface area contributed by atoms with Gasteiger partial charge < -0.3 is 15.1 Å². The maximum absolute atomic E-state index is 13.4. The van der Waals surface area contributed by atoms with Gasteiger partial charge in [0.2, 0.25) is 5.91 Å². The lowest BCUT2D eigenvalue weighted by Gasteiger charge is -2.27. The van der Waals surface area contributed by atoms with Gasteiger partial charge in [-0.3, -0.25) is 14.6 Å². The van der Waals surface area contributed by atoms with Crippen LogP contribution >= 0.6 is 0 Å². The molecule has 4 amide bonds. The molecule has 1 saturated heterocycles. The Bertz CT molecular complexity index is 1200. The number of imide groups is 1. The highest BCUT2D eigenvalue weighted by molar-refractivity contribution is 6.23. The minimum absolute atomic E-state index is 0.212. The Morgan fingerprint density at radius 2 is 1.75 bits per heavy atom. The van der Waals surface area contributed by atoms with Gasteiger partial charge in [0, 0.05) is 36.6 Å². The van der Waals surface area contributed by atoms with Crippen molar-refractivity contribution in [3.63, 3.8) is 0 Å². The first-order valence-electron chi connectivity index (χ1n) is 11.5. The fourth-order valence-corrected chi connectivity index (χ4v) is 4.65. The summed E-state index contributed by atoms with van der Waals surface area (Å²) in [4.78, 5) is 47.6. The molecule has 1 N–H and O–H groups in total. The lowest BCUT2D eigenvalue weighted by Crippen LogP contribution is -2.43. The average Bonchev–Trinajstić information content (AvgIpc) is 3.15. The minimum atomic E-state index is -4.43. The molecule has 0 unspecified atom stereocenters. The second-order valence-corrected chi connectivity index (χ2v) is 10.2. The number of halogens is 3. The van der Waals surface area contributed by atoms with Crippen LogP contribution in [0.5, 0.6) is 0 Å². The Kier molecular flexibility index (Phi) is 6.32. The van der Waals surface area contributed by atoms with Crippen molar-refractivity contribution in [2.75, 3.05) is 29.4 Å². The zero-order valence-corrected chi connectivity index (χ0v) is 20.5. The van der Waals surface area contributed by atoms with E-state index >= 15 is 0 Å². The average molecular weight is 504 g/mol. The van der Waals surface area contributed by atoms with Crippen molar-refractivity contribution >= 4 is 29.2 Å². The molecule has 0 bridgehead atoms. The third kappa shape index (κ3) is 4.67. The summed E-state index contributed by atoms with van der Waals surface area (Å²) in [7, 11) is 0. The summed E-state index contributed by atoms with van der Waals surface area (Å²) in [6.45, 7) is 5.90. The number of hydrogen-bond donors (Lipinski definition) is 1. The highest BCUT2D eigenvalue weighted by Crippen LogP contribution is 2.44. The molecule has 11 heteroatoms. The fourth-order valence-electron chi connectivity index (χ4n) is 4.65. The highest BCUT2D eigenvalue weighted by atomic mass is 19.4. The van der Waals surface area contributed by atoms with Gasteiger partial charge in [-0.05, 0) is 49.2 Å². The molecular weight excluding hydrogens is 475 g/mol. The lowest BCUT2D eigenvalue weighted by atomic mass is 9.87. The number of pyridine rings is 1. The molecule has 0 spiro atoms. The number of urea groups is 1. The van der Waals surface area contributed by atoms with Gasteiger partial charge in [-0.15, -0.1) is 0 Å². The van der Waals surface area contributed by atoms with Gasteiger partial charge in [-0.2, -0.15) is 13.2 Å². The lowest BCUT2D eigenvalue weighted by molar-refractivity contribution is -0.127. The summed E-state index contributed by atoms with van der Waals surface area (Å²) >= 11 is 0. The SMILES string of the molecule is CC1(C)CN(C(=O)CNCC(F)(F)F)c2cc(N3C(=O)N(Cc4ccncc4)C(C)(C)C3=O)ccc21. The molecule has 2 aromatic rings. The van der Waals surface area contributed by atoms with E-state index in [9.17, 15) is 27.6 Å². The van der Waals surface area contributed by atoms with E-state index in [1.54, 1.807) is 56.6 Å². The van der Waals surface area contributed by atoms with Gasteiger partial charge in [-0.25, -0.2) is 9.69 Å². The summed E-state index contributed by atoms with van der Waals surface area (Å²) in [5.41, 5.74) is 0.826. The molecule has 4 rings (SSSR count). The zero-order valence-electron chi connectivity index (χ0n) is 20.5. The first-order chi connectivity index (χ1) is 16.7. The number of fused-ring (bicyclic) bond motifs is 1. The van der Waals surface area contributed by atoms with Gasteiger partial charge in [0.05, 0.1) is 18.8 Å². The summed E-state index contributed by atoms with van der Waals surface area (Å²) in [5, 5.41) is 2.14. The van der Waals surface area contributed by atoms with Crippen LogP contribution in [-0.4, -0.2) is 59.1 Å². The van der Waals surface area contributed by atoms with Crippen molar-refractivity contribution in [1.82, 2.24) is 15.2 Å². The van der Waals surface area contributed by atoms with E-state index in [4.69, 9.17) is 0 Å². The van der Waals surface area contributed by atoms with Crippen LogP contribution in [0, 0.1) is 0 Å². The third-order valence-electron chi connectivity index (χ3n) is 6.63. The van der Waals surface area contributed by atoms with Crippen LogP contribution in [0.3, 0.4) is 0 Å². The van der Waals surface area contributed by atoms with Crippen molar-refractivity contribution in [2.24, 2.45) is 0 Å². The van der Waals surface area contributed by atoms with Gasteiger partial charge >= 0.3 is 12.2 Å². The number of nitrogens with one attached hydrogen (secondary N) is 1. The molecule has 0 radical (unpaired) electrons. The fraction of sp³-hybridized carbons (Fsp3) is 0.440. The Balaban J connectivity index is 1.63. The molecule has 8 nitrogen and oxygen atoms in total. The molecule has 2 aliphatic rings. The summed E-state index contributed by atoms with van der Waals surface area (Å²) in [6, 6.07) is 8.06. The first-order valence-corrected chi connectivity index (χ1v) is 11.5. The van der Waals surface area contributed by atoms with Crippen LogP contribution in [-0.2, 0) is 21.5 Å². The number of carbonyl (C=O) groups excluding carboxylic acids is 3. The molecule has 1 aromatic carbocycles. The number of alkyl halides is 3. The standard InChI is InChI=1S/C25H28F3N5O3/c1-23(2)15-31(20(34)12-30-14-25(26,27)28)19-11-17(5-6-18(19)23)33-21(35)24(3,4)32(22(33)36)13-16-7-9-29-10-8-16/h5-11,30H,12-15H2,1-4H3. The molecule has 2 aliphatic heterocycles. The van der Waals surface area contributed by atoms with Gasteiger partial charge in [-0.1, -0.05) is 19.9 Å². The number of carbonyl (C=O) groups is 3. The molecule has 36 heavy (non-hydrogen) atoms. The summed E-state index contributed by atoms with van der Waals surface area (Å²) in [5.74, 6) is -0.939. The molecule has 1 fully saturated rings. The summed E-state index contributed by atoms with van der Waals surface area (Å²) in [6.07, 6.45) is -1.21. The smallest absolute Gasteiger partial charge is 0.310 e. The number of rotatable bonds is 6. The van der Waals surface area contributed by atoms with Gasteiger partial charge in [0.25, 0.3) is 5.91 Å². The van der Waals surface area contributed by atoms with E-state index in [1.165, 1.54) is 9.80 Å². The second-order valence-electron chi connectivity index (χ2n) is 10.2. The largest absolute Gasteiger partial charge is 0.401 e. The quantitative estimate of drug-likeness (QED) is 0.609. The Hall–Kier alpha value is -3.47. The molecule has 0 atom stereocenters. The molecule has 0 saturated carbocycles. The van der Waals surface area contributed by atoms with Crippen LogP contribution in [0.1, 0.15) is 38.8 Å². The van der Waals surface area contributed by atoms with Gasteiger partial charge in [0.15, 0.2) is 0 Å². The second kappa shape index (κ2) is 8.88. The molecular formula is C25H28F3N5O3. The third-order valence-corrected chi connectivity index (χ3v) is 6.63. The van der Waals surface area contributed by atoms with Crippen LogP contribution in [0.2, 0.25) is 0 Å². The first kappa shape index (κ1) is 25.6. The summed E-state index contributed by atoms with van der Waals surface area (Å²) < 4.78 is 37.5. The Morgan fingerprint density at radius 1 is 1.08 bits per heavy atom. The zero-order chi connectivity index (χ0) is 26.5. The molecule has 1 aromatic heterocycles. The van der Waals surface area contributed by atoms with Crippen molar-refractivity contribution in [2.45, 2.75) is 51.4 Å². The maximum Gasteiger partial charge on any atom is 0.401 e. The van der Waals surface area contributed by atoms with Crippen molar-refractivity contribution in [3.8, 4) is 0 Å². The van der Waals surface area contributed by atoms with E-state index in [-0.39, 0.29) is 13.1 Å². The van der Waals surface area contributed by atoms with E-state index in [0.717, 1.165) is 16.0 Å². The number of nitrogens with zero attached hydrogens (tertiary/aromatic N) is 4. The molecule has 192 valence electrons. The minimum Gasteiger partial charge on any atom is -0.310 e. The monoisotopic (exact) mass is 503 g/mol. The number of amides is 4. The number of anilines is 2. The van der Waals surface area contributed by atoms with E-state index in [1.807, 2.05) is 13.8 Å². The number of benzene rings is 1. The van der Waals surface area contributed by atoms with Crippen molar-refractivity contribution in [1.29, 1.82) is 0 Å². The molecule has 3 heterocycles. The van der Waals surface area contributed by atoms with Crippen LogP contribution in [0.4, 0.5) is 29.3 Å². The van der Waals surface area contributed by atoms with Crippen LogP contribution < -0.4 is 15.1 Å². The number of aromatic nitrogens is 1. The van der Waals surface area contributed by atoms with E-state index < -0.39 is 48.1 Å².